The molecule has 64 valence electrons. The van der Waals surface area contributed by atoms with Crippen molar-refractivity contribution in [1.82, 2.24) is 4.90 Å². The van der Waals surface area contributed by atoms with Crippen molar-refractivity contribution >= 4 is 18.0 Å². The normalized spacial score (nSPS) is 18.3. The maximum atomic E-state index is 3.97. The van der Waals surface area contributed by atoms with Gasteiger partial charge in [0.25, 0.3) is 0 Å². The molecule has 0 N–H and O–H groups in total. The van der Waals surface area contributed by atoms with Crippen molar-refractivity contribution in [2.75, 3.05) is 14.1 Å². The van der Waals surface area contributed by atoms with E-state index in [4.69, 9.17) is 0 Å². The van der Waals surface area contributed by atoms with Gasteiger partial charge in [-0.05, 0) is 11.5 Å². The monoisotopic (exact) mass is 180 g/mol. The highest BCUT2D eigenvalue weighted by atomic mass is 32.2. The van der Waals surface area contributed by atoms with Gasteiger partial charge in [0, 0.05) is 31.4 Å². The Morgan fingerprint density at radius 3 is 3.08 bits per heavy atom. The standard InChI is InChI=1S/C9H12N2S/c1-8-4-5-12-7-9(6-10-2)11(8)3/h4-7H,1H2,2-3H3. The highest BCUT2D eigenvalue weighted by Gasteiger charge is 2.05. The molecule has 0 aromatic carbocycles. The number of rotatable bonds is 1. The number of hydrogen-bond donors (Lipinski definition) is 0. The molecular weight excluding hydrogens is 168 g/mol. The molecule has 0 saturated carbocycles. The molecule has 0 saturated heterocycles. The van der Waals surface area contributed by atoms with Crippen LogP contribution in [0, 0.1) is 0 Å². The summed E-state index contributed by atoms with van der Waals surface area (Å²) in [5, 5.41) is 4.05. The number of aliphatic imine (C=N–C) groups is 1. The van der Waals surface area contributed by atoms with Gasteiger partial charge >= 0.3 is 0 Å². The summed E-state index contributed by atoms with van der Waals surface area (Å²) in [4.78, 5) is 5.97. The van der Waals surface area contributed by atoms with Crippen LogP contribution < -0.4 is 0 Å². The summed E-state index contributed by atoms with van der Waals surface area (Å²) in [7, 11) is 3.74. The number of nitrogens with zero attached hydrogens (tertiary/aromatic N) is 2. The zero-order valence-corrected chi connectivity index (χ0v) is 8.14. The lowest BCUT2D eigenvalue weighted by atomic mass is 10.4. The minimum Gasteiger partial charge on any atom is -0.343 e. The van der Waals surface area contributed by atoms with E-state index in [9.17, 15) is 0 Å². The van der Waals surface area contributed by atoms with Crippen molar-refractivity contribution in [3.63, 3.8) is 0 Å². The summed E-state index contributed by atoms with van der Waals surface area (Å²) < 4.78 is 0. The van der Waals surface area contributed by atoms with Crippen molar-refractivity contribution in [3.05, 3.63) is 34.9 Å². The Morgan fingerprint density at radius 1 is 1.67 bits per heavy atom. The van der Waals surface area contributed by atoms with Gasteiger partial charge in [0.2, 0.25) is 0 Å². The molecule has 0 spiro atoms. The Kier molecular flexibility index (Phi) is 3.17. The van der Waals surface area contributed by atoms with Gasteiger partial charge < -0.3 is 4.90 Å². The number of allylic oxidation sites excluding steroid dienone is 2. The first-order chi connectivity index (χ1) is 5.75. The van der Waals surface area contributed by atoms with Crippen molar-refractivity contribution in [1.29, 1.82) is 0 Å². The summed E-state index contributed by atoms with van der Waals surface area (Å²) in [5.41, 5.74) is 2.05. The highest BCUT2D eigenvalue weighted by Crippen LogP contribution is 2.19. The topological polar surface area (TPSA) is 15.6 Å². The van der Waals surface area contributed by atoms with Crippen LogP contribution in [0.1, 0.15) is 0 Å². The van der Waals surface area contributed by atoms with E-state index < -0.39 is 0 Å². The molecule has 1 aliphatic rings. The fourth-order valence-electron chi connectivity index (χ4n) is 0.833. The molecule has 3 heteroatoms. The maximum Gasteiger partial charge on any atom is 0.0656 e. The first-order valence-corrected chi connectivity index (χ1v) is 4.57. The third kappa shape index (κ3) is 2.01. The predicted octanol–water partition coefficient (Wildman–Crippen LogP) is 2.23. The van der Waals surface area contributed by atoms with Crippen LogP contribution in [0.2, 0.25) is 0 Å². The van der Waals surface area contributed by atoms with E-state index in [-0.39, 0.29) is 0 Å². The van der Waals surface area contributed by atoms with E-state index in [0.29, 0.717) is 0 Å². The van der Waals surface area contributed by atoms with Crippen LogP contribution in [-0.4, -0.2) is 25.2 Å². The lowest BCUT2D eigenvalue weighted by molar-refractivity contribution is 0.571. The van der Waals surface area contributed by atoms with E-state index >= 15 is 0 Å². The van der Waals surface area contributed by atoms with Gasteiger partial charge in [-0.25, -0.2) is 0 Å². The molecule has 12 heavy (non-hydrogen) atoms. The molecule has 0 fully saturated rings. The summed E-state index contributed by atoms with van der Waals surface area (Å²) in [6.45, 7) is 3.91. The maximum absolute atomic E-state index is 3.97. The van der Waals surface area contributed by atoms with Gasteiger partial charge in [-0.15, -0.1) is 11.8 Å². The molecule has 2 nitrogen and oxygen atoms in total. The van der Waals surface area contributed by atoms with Gasteiger partial charge in [-0.1, -0.05) is 6.58 Å². The largest absolute Gasteiger partial charge is 0.343 e. The molecule has 1 heterocycles. The van der Waals surface area contributed by atoms with Crippen molar-refractivity contribution in [3.8, 4) is 0 Å². The Morgan fingerprint density at radius 2 is 2.42 bits per heavy atom. The molecule has 0 aromatic rings. The Balaban J connectivity index is 2.87. The average molecular weight is 180 g/mol. The molecule has 0 aliphatic carbocycles. The zero-order chi connectivity index (χ0) is 8.97. The fraction of sp³-hybridized carbons (Fsp3) is 0.222. The van der Waals surface area contributed by atoms with E-state index in [1.54, 1.807) is 18.8 Å². The third-order valence-corrected chi connectivity index (χ3v) is 2.28. The third-order valence-electron chi connectivity index (χ3n) is 1.61. The first kappa shape index (κ1) is 9.13. The van der Waals surface area contributed by atoms with Gasteiger partial charge in [0.1, 0.15) is 0 Å². The second kappa shape index (κ2) is 4.16. The lowest BCUT2D eigenvalue weighted by Crippen LogP contribution is -2.15. The quantitative estimate of drug-likeness (QED) is 0.575. The molecule has 0 radical (unpaired) electrons. The second-order valence-electron chi connectivity index (χ2n) is 2.42. The Hall–Kier alpha value is -0.960. The van der Waals surface area contributed by atoms with Crippen LogP contribution >= 0.6 is 11.8 Å². The Labute approximate surface area is 77.4 Å². The summed E-state index contributed by atoms with van der Waals surface area (Å²) in [6, 6.07) is 0. The van der Waals surface area contributed by atoms with Crippen LogP contribution in [0.4, 0.5) is 0 Å². The fourth-order valence-corrected chi connectivity index (χ4v) is 1.51. The van der Waals surface area contributed by atoms with Crippen LogP contribution in [-0.2, 0) is 0 Å². The second-order valence-corrected chi connectivity index (χ2v) is 3.20. The molecule has 0 aromatic heterocycles. The Bertz CT molecular complexity index is 264. The molecule has 0 bridgehead atoms. The van der Waals surface area contributed by atoms with Crippen LogP contribution in [0.15, 0.2) is 39.9 Å². The zero-order valence-electron chi connectivity index (χ0n) is 7.32. The lowest BCUT2D eigenvalue weighted by Gasteiger charge is -2.18. The molecule has 0 amide bonds. The summed E-state index contributed by atoms with van der Waals surface area (Å²) in [6.07, 6.45) is 3.81. The SMILES string of the molecule is C=C1C=CSC=C(C=NC)N1C. The highest BCUT2D eigenvalue weighted by molar-refractivity contribution is 8.04. The van der Waals surface area contributed by atoms with Gasteiger partial charge in [-0.2, -0.15) is 0 Å². The van der Waals surface area contributed by atoms with Crippen LogP contribution in [0.25, 0.3) is 0 Å². The van der Waals surface area contributed by atoms with Gasteiger partial charge in [0.15, 0.2) is 0 Å². The number of thioether (sulfide) groups is 1. The minimum atomic E-state index is 0.978. The van der Waals surface area contributed by atoms with Gasteiger partial charge in [0.05, 0.1) is 5.70 Å². The summed E-state index contributed by atoms with van der Waals surface area (Å²) in [5.74, 6) is 0. The number of likely N-dealkylation sites (N-methyl/N-ethyl adjacent to an activating group) is 1. The van der Waals surface area contributed by atoms with E-state index in [1.807, 2.05) is 35.1 Å². The minimum absolute atomic E-state index is 0.978. The molecule has 0 unspecified atom stereocenters. The number of hydrogen-bond acceptors (Lipinski definition) is 3. The molecular formula is C9H12N2S. The van der Waals surface area contributed by atoms with Crippen LogP contribution in [0.3, 0.4) is 0 Å². The van der Waals surface area contributed by atoms with E-state index in [0.717, 1.165) is 11.4 Å². The first-order valence-electron chi connectivity index (χ1n) is 3.62. The van der Waals surface area contributed by atoms with Gasteiger partial charge in [-0.3, -0.25) is 4.99 Å². The average Bonchev–Trinajstić information content (AvgIpc) is 2.20. The summed E-state index contributed by atoms with van der Waals surface area (Å²) >= 11 is 1.63. The van der Waals surface area contributed by atoms with Crippen molar-refractivity contribution in [2.24, 2.45) is 4.99 Å². The van der Waals surface area contributed by atoms with Crippen LogP contribution in [0.5, 0.6) is 0 Å². The molecule has 1 rings (SSSR count). The van der Waals surface area contributed by atoms with E-state index in [1.165, 1.54) is 0 Å². The smallest absolute Gasteiger partial charge is 0.0656 e. The van der Waals surface area contributed by atoms with Crippen molar-refractivity contribution < 1.29 is 0 Å². The van der Waals surface area contributed by atoms with Crippen molar-refractivity contribution in [2.45, 2.75) is 0 Å². The predicted molar refractivity (Wildman–Crippen MR) is 56.1 cm³/mol. The molecule has 1 aliphatic heterocycles. The van der Waals surface area contributed by atoms with E-state index in [2.05, 4.69) is 11.6 Å². The molecule has 0 atom stereocenters.